The highest BCUT2D eigenvalue weighted by molar-refractivity contribution is 6.31. The first-order valence-corrected chi connectivity index (χ1v) is 6.76. The largest absolute Gasteiger partial charge is 0.361 e. The van der Waals surface area contributed by atoms with E-state index in [9.17, 15) is 0 Å². The molecule has 4 heteroatoms. The predicted octanol–water partition coefficient (Wildman–Crippen LogP) is 2.57. The number of nitrogens with zero attached hydrogens (tertiary/aromatic N) is 2. The van der Waals surface area contributed by atoms with E-state index in [0.29, 0.717) is 0 Å². The van der Waals surface area contributed by atoms with Crippen LogP contribution in [0.5, 0.6) is 0 Å². The number of aromatic nitrogens is 1. The lowest BCUT2D eigenvalue weighted by Gasteiger charge is -2.32. The van der Waals surface area contributed by atoms with Crippen LogP contribution in [-0.4, -0.2) is 48.0 Å². The van der Waals surface area contributed by atoms with E-state index in [1.165, 1.54) is 10.9 Å². The Morgan fingerprint density at radius 3 is 2.78 bits per heavy atom. The van der Waals surface area contributed by atoms with Crippen LogP contribution >= 0.6 is 11.6 Å². The normalized spacial score (nSPS) is 18.6. The fourth-order valence-electron chi connectivity index (χ4n) is 2.54. The minimum absolute atomic E-state index is 0.787. The maximum atomic E-state index is 6.00. The number of benzene rings is 1. The first kappa shape index (κ1) is 12.0. The summed E-state index contributed by atoms with van der Waals surface area (Å²) in [6, 6.07) is 6.06. The van der Waals surface area contributed by atoms with Crippen molar-refractivity contribution in [2.24, 2.45) is 0 Å². The van der Waals surface area contributed by atoms with Gasteiger partial charge in [-0.25, -0.2) is 0 Å². The summed E-state index contributed by atoms with van der Waals surface area (Å²) >= 11 is 6.00. The van der Waals surface area contributed by atoms with Crippen molar-refractivity contribution in [2.75, 3.05) is 33.2 Å². The van der Waals surface area contributed by atoms with Crippen molar-refractivity contribution in [3.63, 3.8) is 0 Å². The molecule has 1 N–H and O–H groups in total. The smallest absolute Gasteiger partial charge is 0.0472 e. The molecule has 0 amide bonds. The van der Waals surface area contributed by atoms with E-state index in [1.54, 1.807) is 0 Å². The Balaban J connectivity index is 1.78. The first-order chi connectivity index (χ1) is 8.72. The van der Waals surface area contributed by atoms with E-state index in [0.717, 1.165) is 43.3 Å². The molecule has 0 atom stereocenters. The number of hydrogen-bond donors (Lipinski definition) is 1. The van der Waals surface area contributed by atoms with Gasteiger partial charge in [-0.05, 0) is 24.7 Å². The molecule has 96 valence electrons. The highest BCUT2D eigenvalue weighted by Crippen LogP contribution is 2.23. The molecule has 1 aromatic carbocycles. The first-order valence-electron chi connectivity index (χ1n) is 6.39. The third-order valence-corrected chi connectivity index (χ3v) is 3.95. The molecule has 2 heterocycles. The number of fused-ring (bicyclic) bond motifs is 1. The topological polar surface area (TPSA) is 22.3 Å². The number of hydrogen-bond acceptors (Lipinski definition) is 2. The molecular formula is C14H18ClN3. The summed E-state index contributed by atoms with van der Waals surface area (Å²) in [6.45, 7) is 5.64. The van der Waals surface area contributed by atoms with Crippen molar-refractivity contribution in [1.29, 1.82) is 0 Å². The second kappa shape index (κ2) is 4.92. The van der Waals surface area contributed by atoms with Crippen LogP contribution in [-0.2, 0) is 6.54 Å². The van der Waals surface area contributed by atoms with Gasteiger partial charge in [-0.2, -0.15) is 0 Å². The monoisotopic (exact) mass is 263 g/mol. The standard InChI is InChI=1S/C14H18ClN3/c1-17-4-6-18(7-5-17)10-11-9-16-14-8-12(15)2-3-13(11)14/h2-3,8-9,16H,4-7,10H2,1H3. The fraction of sp³-hybridized carbons (Fsp3) is 0.429. The van der Waals surface area contributed by atoms with Crippen molar-refractivity contribution in [1.82, 2.24) is 14.8 Å². The molecule has 0 radical (unpaired) electrons. The van der Waals surface area contributed by atoms with E-state index >= 15 is 0 Å². The Labute approximate surface area is 112 Å². The minimum Gasteiger partial charge on any atom is -0.361 e. The molecule has 1 aliphatic rings. The van der Waals surface area contributed by atoms with E-state index in [-0.39, 0.29) is 0 Å². The Hall–Kier alpha value is -1.03. The summed E-state index contributed by atoms with van der Waals surface area (Å²) in [5.74, 6) is 0. The zero-order chi connectivity index (χ0) is 12.5. The summed E-state index contributed by atoms with van der Waals surface area (Å²) in [7, 11) is 2.19. The molecular weight excluding hydrogens is 246 g/mol. The summed E-state index contributed by atoms with van der Waals surface area (Å²) in [5, 5.41) is 2.08. The van der Waals surface area contributed by atoms with Crippen LogP contribution < -0.4 is 0 Å². The number of halogens is 1. The highest BCUT2D eigenvalue weighted by atomic mass is 35.5. The van der Waals surface area contributed by atoms with Crippen LogP contribution in [0, 0.1) is 0 Å². The van der Waals surface area contributed by atoms with Gasteiger partial charge in [-0.15, -0.1) is 0 Å². The van der Waals surface area contributed by atoms with Gasteiger partial charge in [0, 0.05) is 54.8 Å². The average molecular weight is 264 g/mol. The minimum atomic E-state index is 0.787. The van der Waals surface area contributed by atoms with Crippen LogP contribution in [0.2, 0.25) is 5.02 Å². The number of rotatable bonds is 2. The number of piperazine rings is 1. The van der Waals surface area contributed by atoms with Gasteiger partial charge < -0.3 is 9.88 Å². The van der Waals surface area contributed by atoms with E-state index in [2.05, 4.69) is 34.1 Å². The summed E-state index contributed by atoms with van der Waals surface area (Å²) in [6.07, 6.45) is 2.11. The number of aromatic amines is 1. The summed E-state index contributed by atoms with van der Waals surface area (Å²) in [5.41, 5.74) is 2.50. The Morgan fingerprint density at radius 1 is 1.22 bits per heavy atom. The lowest BCUT2D eigenvalue weighted by Crippen LogP contribution is -2.43. The molecule has 0 spiro atoms. The number of nitrogens with one attached hydrogen (secondary N) is 1. The number of likely N-dealkylation sites (N-methyl/N-ethyl adjacent to an activating group) is 1. The third kappa shape index (κ3) is 2.39. The second-order valence-corrected chi connectivity index (χ2v) is 5.52. The quantitative estimate of drug-likeness (QED) is 0.900. The molecule has 1 aromatic heterocycles. The van der Waals surface area contributed by atoms with Gasteiger partial charge in [0.25, 0.3) is 0 Å². The average Bonchev–Trinajstić information content (AvgIpc) is 2.74. The molecule has 0 unspecified atom stereocenters. The van der Waals surface area contributed by atoms with E-state index in [4.69, 9.17) is 11.6 Å². The molecule has 2 aromatic rings. The SMILES string of the molecule is CN1CCN(Cc2c[nH]c3cc(Cl)ccc23)CC1. The van der Waals surface area contributed by atoms with E-state index < -0.39 is 0 Å². The zero-order valence-corrected chi connectivity index (χ0v) is 11.4. The van der Waals surface area contributed by atoms with Crippen LogP contribution in [0.3, 0.4) is 0 Å². The van der Waals surface area contributed by atoms with Crippen molar-refractivity contribution >= 4 is 22.5 Å². The molecule has 3 nitrogen and oxygen atoms in total. The Morgan fingerprint density at radius 2 is 2.00 bits per heavy atom. The Kier molecular flexibility index (Phi) is 3.29. The fourth-order valence-corrected chi connectivity index (χ4v) is 2.71. The third-order valence-electron chi connectivity index (χ3n) is 3.72. The number of H-pyrrole nitrogens is 1. The van der Waals surface area contributed by atoms with E-state index in [1.807, 2.05) is 12.1 Å². The van der Waals surface area contributed by atoms with Crippen LogP contribution in [0.25, 0.3) is 10.9 Å². The molecule has 1 aliphatic heterocycles. The summed E-state index contributed by atoms with van der Waals surface area (Å²) in [4.78, 5) is 8.20. The van der Waals surface area contributed by atoms with Crippen LogP contribution in [0.15, 0.2) is 24.4 Å². The molecule has 0 aliphatic carbocycles. The van der Waals surface area contributed by atoms with Crippen LogP contribution in [0.4, 0.5) is 0 Å². The van der Waals surface area contributed by atoms with Crippen molar-refractivity contribution < 1.29 is 0 Å². The van der Waals surface area contributed by atoms with Gasteiger partial charge in [-0.3, -0.25) is 4.90 Å². The van der Waals surface area contributed by atoms with Crippen molar-refractivity contribution in [3.8, 4) is 0 Å². The van der Waals surface area contributed by atoms with Gasteiger partial charge in [0.1, 0.15) is 0 Å². The molecule has 0 saturated carbocycles. The van der Waals surface area contributed by atoms with Gasteiger partial charge in [0.15, 0.2) is 0 Å². The Bertz CT molecular complexity index is 541. The second-order valence-electron chi connectivity index (χ2n) is 5.08. The maximum absolute atomic E-state index is 6.00. The van der Waals surface area contributed by atoms with Crippen molar-refractivity contribution in [3.05, 3.63) is 35.0 Å². The van der Waals surface area contributed by atoms with Gasteiger partial charge in [0.2, 0.25) is 0 Å². The lowest BCUT2D eigenvalue weighted by atomic mass is 10.1. The lowest BCUT2D eigenvalue weighted by molar-refractivity contribution is 0.148. The van der Waals surface area contributed by atoms with Gasteiger partial charge in [-0.1, -0.05) is 17.7 Å². The van der Waals surface area contributed by atoms with Gasteiger partial charge in [0.05, 0.1) is 0 Å². The molecule has 1 fully saturated rings. The summed E-state index contributed by atoms with van der Waals surface area (Å²) < 4.78 is 0. The molecule has 18 heavy (non-hydrogen) atoms. The van der Waals surface area contributed by atoms with Crippen molar-refractivity contribution in [2.45, 2.75) is 6.54 Å². The molecule has 1 saturated heterocycles. The maximum Gasteiger partial charge on any atom is 0.0472 e. The molecule has 0 bridgehead atoms. The highest BCUT2D eigenvalue weighted by Gasteiger charge is 2.15. The van der Waals surface area contributed by atoms with Gasteiger partial charge >= 0.3 is 0 Å². The zero-order valence-electron chi connectivity index (χ0n) is 10.6. The molecule has 3 rings (SSSR count). The van der Waals surface area contributed by atoms with Crippen LogP contribution in [0.1, 0.15) is 5.56 Å². The predicted molar refractivity (Wildman–Crippen MR) is 76.1 cm³/mol.